The van der Waals surface area contributed by atoms with Crippen LogP contribution < -0.4 is 10.2 Å². The van der Waals surface area contributed by atoms with Crippen molar-refractivity contribution in [1.82, 2.24) is 5.32 Å². The summed E-state index contributed by atoms with van der Waals surface area (Å²) in [6.45, 7) is 0. The van der Waals surface area contributed by atoms with E-state index in [4.69, 9.17) is 34.8 Å². The third-order valence-corrected chi connectivity index (χ3v) is 6.35. The molecule has 9 heteroatoms. The molecule has 1 atom stereocenters. The molecule has 1 saturated heterocycles. The molecule has 1 fully saturated rings. The Hall–Kier alpha value is -2.17. The molecule has 3 rings (SSSR count). The van der Waals surface area contributed by atoms with Gasteiger partial charge in [0, 0.05) is 27.8 Å². The monoisotopic (exact) mass is 465 g/mol. The Kier molecular flexibility index (Phi) is 6.76. The fourth-order valence-electron chi connectivity index (χ4n) is 2.84. The predicted octanol–water partition coefficient (Wildman–Crippen LogP) is 4.82. The number of anilines is 1. The minimum Gasteiger partial charge on any atom is -0.354 e. The molecule has 0 aromatic heterocycles. The van der Waals surface area contributed by atoms with Crippen LogP contribution in [0.2, 0.25) is 15.1 Å². The summed E-state index contributed by atoms with van der Waals surface area (Å²) in [5, 5.41) is 13.2. The first-order valence-electron chi connectivity index (χ1n) is 8.42. The molecule has 1 aliphatic rings. The van der Waals surface area contributed by atoms with Crippen molar-refractivity contribution < 1.29 is 9.59 Å². The maximum atomic E-state index is 13.3. The topological polar surface area (TPSA) is 73.2 Å². The van der Waals surface area contributed by atoms with Crippen LogP contribution in [0.4, 0.5) is 5.69 Å². The van der Waals surface area contributed by atoms with Crippen molar-refractivity contribution in [2.24, 2.45) is 0 Å². The molecular weight excluding hydrogens is 453 g/mol. The number of benzene rings is 2. The number of nitriles is 1. The minimum atomic E-state index is -0.579. The fraction of sp³-hybridized carbons (Fsp3) is 0.150. The van der Waals surface area contributed by atoms with E-state index in [0.717, 1.165) is 11.8 Å². The van der Waals surface area contributed by atoms with Crippen molar-refractivity contribution in [3.63, 3.8) is 0 Å². The zero-order valence-corrected chi connectivity index (χ0v) is 18.2. The highest BCUT2D eigenvalue weighted by atomic mass is 35.5. The molecule has 2 aromatic rings. The molecule has 148 valence electrons. The highest BCUT2D eigenvalue weighted by Gasteiger charge is 2.40. The molecule has 0 radical (unpaired) electrons. The van der Waals surface area contributed by atoms with Crippen LogP contribution in [-0.4, -0.2) is 24.1 Å². The van der Waals surface area contributed by atoms with Gasteiger partial charge in [0.2, 0.25) is 5.91 Å². The number of rotatable bonds is 4. The summed E-state index contributed by atoms with van der Waals surface area (Å²) in [6, 6.07) is 13.6. The van der Waals surface area contributed by atoms with Crippen LogP contribution in [0, 0.1) is 11.3 Å². The number of nitrogens with one attached hydrogen (secondary N) is 1. The van der Waals surface area contributed by atoms with E-state index in [1.807, 2.05) is 6.07 Å². The van der Waals surface area contributed by atoms with Gasteiger partial charge in [0.25, 0.3) is 5.91 Å². The average Bonchev–Trinajstić information content (AvgIpc) is 3.01. The Morgan fingerprint density at radius 1 is 1.17 bits per heavy atom. The largest absolute Gasteiger partial charge is 0.354 e. The van der Waals surface area contributed by atoms with Gasteiger partial charge in [0.05, 0.1) is 5.25 Å². The Balaban J connectivity index is 2.06. The number of carbonyl (C=O) groups excluding carboxylic acids is 2. The van der Waals surface area contributed by atoms with Crippen molar-refractivity contribution in [1.29, 1.82) is 5.26 Å². The van der Waals surface area contributed by atoms with Crippen LogP contribution in [0.25, 0.3) is 0 Å². The molecule has 1 heterocycles. The van der Waals surface area contributed by atoms with Crippen molar-refractivity contribution in [2.75, 3.05) is 11.9 Å². The molecule has 0 unspecified atom stereocenters. The number of hydrogen-bond donors (Lipinski definition) is 1. The van der Waals surface area contributed by atoms with Crippen LogP contribution in [-0.2, 0) is 16.0 Å². The number of hydrogen-bond acceptors (Lipinski definition) is 4. The lowest BCUT2D eigenvalue weighted by molar-refractivity contribution is -0.117. The average molecular weight is 467 g/mol. The molecule has 2 aromatic carbocycles. The predicted molar refractivity (Wildman–Crippen MR) is 117 cm³/mol. The van der Waals surface area contributed by atoms with Gasteiger partial charge in [-0.25, -0.2) is 0 Å². The number of amides is 2. The van der Waals surface area contributed by atoms with Crippen LogP contribution in [0.5, 0.6) is 0 Å². The normalized spacial score (nSPS) is 17.8. The van der Waals surface area contributed by atoms with E-state index in [2.05, 4.69) is 5.32 Å². The van der Waals surface area contributed by atoms with E-state index in [-0.39, 0.29) is 16.5 Å². The molecule has 1 N–H and O–H groups in total. The summed E-state index contributed by atoms with van der Waals surface area (Å²) in [6.07, 6.45) is 0.295. The summed E-state index contributed by atoms with van der Waals surface area (Å²) in [5.41, 5.74) is 1.08. The van der Waals surface area contributed by atoms with E-state index >= 15 is 0 Å². The zero-order valence-electron chi connectivity index (χ0n) is 15.1. The van der Waals surface area contributed by atoms with Crippen LogP contribution in [0.15, 0.2) is 53.1 Å². The number of halogens is 3. The lowest BCUT2D eigenvalue weighted by atomic mass is 10.1. The SMILES string of the molecule is CNC(=O)/C(C#N)=C1\S[C@@H](Cc2cc(Cl)ccc2Cl)C(=O)N1c1ccc(Cl)cc1. The van der Waals surface area contributed by atoms with E-state index in [1.54, 1.807) is 42.5 Å². The van der Waals surface area contributed by atoms with Gasteiger partial charge in [-0.15, -0.1) is 0 Å². The number of carbonyl (C=O) groups is 2. The maximum Gasteiger partial charge on any atom is 0.264 e. The molecular formula is C20H14Cl3N3O2S. The lowest BCUT2D eigenvalue weighted by Crippen LogP contribution is -2.31. The summed E-state index contributed by atoms with van der Waals surface area (Å²) in [7, 11) is 1.43. The second-order valence-corrected chi connectivity index (χ2v) is 8.54. The molecule has 0 saturated carbocycles. The first-order chi connectivity index (χ1) is 13.8. The van der Waals surface area contributed by atoms with Crippen LogP contribution >= 0.6 is 46.6 Å². The maximum absolute atomic E-state index is 13.3. The molecule has 0 aliphatic carbocycles. The van der Waals surface area contributed by atoms with E-state index in [1.165, 1.54) is 11.9 Å². The third kappa shape index (κ3) is 4.54. The van der Waals surface area contributed by atoms with Gasteiger partial charge in [-0.3, -0.25) is 14.5 Å². The standard InChI is InChI=1S/C20H14Cl3N3O2S/c1-25-18(27)15(10-24)20-26(14-5-2-12(21)3-6-14)19(28)17(29-20)9-11-8-13(22)4-7-16(11)23/h2-8,17H,9H2,1H3,(H,25,27)/b20-15-/t17-/m0/s1. The van der Waals surface area contributed by atoms with E-state index in [0.29, 0.717) is 32.7 Å². The molecule has 2 amide bonds. The summed E-state index contributed by atoms with van der Waals surface area (Å²) >= 11 is 19.4. The Bertz CT molecular complexity index is 1050. The van der Waals surface area contributed by atoms with Crippen molar-refractivity contribution in [3.05, 3.63) is 73.7 Å². The summed E-state index contributed by atoms with van der Waals surface area (Å²) in [4.78, 5) is 26.9. The molecule has 1 aliphatic heterocycles. The fourth-order valence-corrected chi connectivity index (χ4v) is 4.65. The van der Waals surface area contributed by atoms with Gasteiger partial charge in [0.15, 0.2) is 0 Å². The second kappa shape index (κ2) is 9.10. The Labute approximate surface area is 187 Å². The molecule has 0 bridgehead atoms. The van der Waals surface area contributed by atoms with Crippen molar-refractivity contribution >= 4 is 64.1 Å². The number of nitrogens with zero attached hydrogens (tertiary/aromatic N) is 2. The molecule has 5 nitrogen and oxygen atoms in total. The van der Waals surface area contributed by atoms with Gasteiger partial charge in [-0.2, -0.15) is 5.26 Å². The quantitative estimate of drug-likeness (QED) is 0.518. The Morgan fingerprint density at radius 3 is 2.45 bits per heavy atom. The summed E-state index contributed by atoms with van der Waals surface area (Å²) < 4.78 is 0. The van der Waals surface area contributed by atoms with Gasteiger partial charge >= 0.3 is 0 Å². The second-order valence-electron chi connectivity index (χ2n) is 6.07. The van der Waals surface area contributed by atoms with Gasteiger partial charge < -0.3 is 5.32 Å². The third-order valence-electron chi connectivity index (χ3n) is 4.23. The highest BCUT2D eigenvalue weighted by Crippen LogP contribution is 2.42. The number of thioether (sulfide) groups is 1. The van der Waals surface area contributed by atoms with Crippen LogP contribution in [0.3, 0.4) is 0 Å². The highest BCUT2D eigenvalue weighted by molar-refractivity contribution is 8.05. The summed E-state index contributed by atoms with van der Waals surface area (Å²) in [5.74, 6) is -0.830. The molecule has 0 spiro atoms. The zero-order chi connectivity index (χ0) is 21.1. The van der Waals surface area contributed by atoms with Gasteiger partial charge in [0.1, 0.15) is 16.7 Å². The lowest BCUT2D eigenvalue weighted by Gasteiger charge is -2.18. The van der Waals surface area contributed by atoms with Crippen molar-refractivity contribution in [3.8, 4) is 6.07 Å². The van der Waals surface area contributed by atoms with E-state index < -0.39 is 11.2 Å². The van der Waals surface area contributed by atoms with Crippen molar-refractivity contribution in [2.45, 2.75) is 11.7 Å². The number of likely N-dealkylation sites (N-methyl/N-ethyl adjacent to an activating group) is 1. The first kappa shape index (κ1) is 21.5. The van der Waals surface area contributed by atoms with Crippen LogP contribution in [0.1, 0.15) is 5.56 Å². The molecule has 29 heavy (non-hydrogen) atoms. The van der Waals surface area contributed by atoms with E-state index in [9.17, 15) is 14.9 Å². The van der Waals surface area contributed by atoms with Gasteiger partial charge in [-0.1, -0.05) is 46.6 Å². The Morgan fingerprint density at radius 2 is 1.83 bits per heavy atom. The first-order valence-corrected chi connectivity index (χ1v) is 10.4. The smallest absolute Gasteiger partial charge is 0.264 e. The van der Waals surface area contributed by atoms with Gasteiger partial charge in [-0.05, 0) is 54.4 Å². The minimum absolute atomic E-state index is 0.138.